The van der Waals surface area contributed by atoms with Crippen LogP contribution in [0.15, 0.2) is 15.9 Å². The molecule has 1 aromatic heterocycles. The molecule has 0 aliphatic carbocycles. The van der Waals surface area contributed by atoms with Crippen LogP contribution in [0.4, 0.5) is 4.79 Å². The highest BCUT2D eigenvalue weighted by Crippen LogP contribution is 2.19. The predicted octanol–water partition coefficient (Wildman–Crippen LogP) is 3.58. The standard InChI is InChI=1S/C11H16BrNO2S/c1-11(2,3)15-10(14)13-5-4-9-6-8(12)7-16-9/h6-7H,4-5H2,1-3H3,(H,13,14). The van der Waals surface area contributed by atoms with Gasteiger partial charge in [-0.3, -0.25) is 0 Å². The maximum Gasteiger partial charge on any atom is 0.407 e. The van der Waals surface area contributed by atoms with Gasteiger partial charge < -0.3 is 10.1 Å². The van der Waals surface area contributed by atoms with Crippen molar-refractivity contribution in [1.82, 2.24) is 5.32 Å². The number of hydrogen-bond donors (Lipinski definition) is 1. The maximum atomic E-state index is 11.3. The van der Waals surface area contributed by atoms with Gasteiger partial charge in [0.1, 0.15) is 5.60 Å². The minimum atomic E-state index is -0.434. The van der Waals surface area contributed by atoms with Crippen LogP contribution in [0, 0.1) is 0 Å². The van der Waals surface area contributed by atoms with Crippen molar-refractivity contribution < 1.29 is 9.53 Å². The molecule has 1 N–H and O–H groups in total. The van der Waals surface area contributed by atoms with Gasteiger partial charge in [0.2, 0.25) is 0 Å². The Morgan fingerprint density at radius 2 is 2.25 bits per heavy atom. The first-order valence-electron chi connectivity index (χ1n) is 5.06. The highest BCUT2D eigenvalue weighted by molar-refractivity contribution is 9.10. The number of rotatable bonds is 3. The minimum Gasteiger partial charge on any atom is -0.444 e. The molecule has 0 aliphatic rings. The topological polar surface area (TPSA) is 38.3 Å². The van der Waals surface area contributed by atoms with Crippen molar-refractivity contribution in [2.24, 2.45) is 0 Å². The summed E-state index contributed by atoms with van der Waals surface area (Å²) in [4.78, 5) is 12.6. The molecular formula is C11H16BrNO2S. The molecule has 16 heavy (non-hydrogen) atoms. The SMILES string of the molecule is CC(C)(C)OC(=O)NCCc1cc(Br)cs1. The van der Waals surface area contributed by atoms with E-state index in [9.17, 15) is 4.79 Å². The fourth-order valence-corrected chi connectivity index (χ4v) is 2.54. The van der Waals surface area contributed by atoms with E-state index in [0.29, 0.717) is 6.54 Å². The normalized spacial score (nSPS) is 11.2. The van der Waals surface area contributed by atoms with Crippen LogP contribution < -0.4 is 5.32 Å². The van der Waals surface area contributed by atoms with E-state index in [-0.39, 0.29) is 6.09 Å². The molecule has 90 valence electrons. The van der Waals surface area contributed by atoms with E-state index in [0.717, 1.165) is 10.9 Å². The van der Waals surface area contributed by atoms with Crippen molar-refractivity contribution in [2.75, 3.05) is 6.54 Å². The van der Waals surface area contributed by atoms with Crippen LogP contribution in [0.25, 0.3) is 0 Å². The molecule has 1 rings (SSSR count). The quantitative estimate of drug-likeness (QED) is 0.927. The van der Waals surface area contributed by atoms with Crippen LogP contribution in [0.5, 0.6) is 0 Å². The van der Waals surface area contributed by atoms with Crippen LogP contribution in [0.2, 0.25) is 0 Å². The Labute approximate surface area is 108 Å². The molecule has 1 heterocycles. The van der Waals surface area contributed by atoms with E-state index in [2.05, 4.69) is 27.3 Å². The second-order valence-corrected chi connectivity index (χ2v) is 6.32. The first-order valence-corrected chi connectivity index (χ1v) is 6.74. The van der Waals surface area contributed by atoms with Crippen molar-refractivity contribution in [1.29, 1.82) is 0 Å². The molecule has 0 saturated heterocycles. The summed E-state index contributed by atoms with van der Waals surface area (Å²) in [6.45, 7) is 6.15. The molecule has 3 nitrogen and oxygen atoms in total. The molecule has 0 saturated carbocycles. The van der Waals surface area contributed by atoms with Gasteiger partial charge in [0.15, 0.2) is 0 Å². The number of thiophene rings is 1. The van der Waals surface area contributed by atoms with Gasteiger partial charge in [-0.25, -0.2) is 4.79 Å². The van der Waals surface area contributed by atoms with E-state index in [1.54, 1.807) is 11.3 Å². The summed E-state index contributed by atoms with van der Waals surface area (Å²) >= 11 is 5.07. The van der Waals surface area contributed by atoms with Crippen LogP contribution >= 0.6 is 27.3 Å². The summed E-state index contributed by atoms with van der Waals surface area (Å²) in [6, 6.07) is 2.06. The lowest BCUT2D eigenvalue weighted by molar-refractivity contribution is 0.0528. The molecule has 0 atom stereocenters. The number of halogens is 1. The van der Waals surface area contributed by atoms with Crippen LogP contribution in [0.3, 0.4) is 0 Å². The number of carbonyl (C=O) groups is 1. The molecular weight excluding hydrogens is 290 g/mol. The molecule has 5 heteroatoms. The number of nitrogens with one attached hydrogen (secondary N) is 1. The van der Waals surface area contributed by atoms with Crippen LogP contribution in [-0.4, -0.2) is 18.2 Å². The zero-order valence-electron chi connectivity index (χ0n) is 9.67. The van der Waals surface area contributed by atoms with E-state index in [1.165, 1.54) is 4.88 Å². The number of hydrogen-bond acceptors (Lipinski definition) is 3. The molecule has 1 aromatic rings. The van der Waals surface area contributed by atoms with Crippen LogP contribution in [-0.2, 0) is 11.2 Å². The van der Waals surface area contributed by atoms with Crippen molar-refractivity contribution in [3.8, 4) is 0 Å². The first kappa shape index (κ1) is 13.5. The second-order valence-electron chi connectivity index (χ2n) is 4.41. The molecule has 0 aromatic carbocycles. The van der Waals surface area contributed by atoms with Crippen molar-refractivity contribution >= 4 is 33.4 Å². The Hall–Kier alpha value is -0.550. The average molecular weight is 306 g/mol. The predicted molar refractivity (Wildman–Crippen MR) is 70.0 cm³/mol. The third-order valence-electron chi connectivity index (χ3n) is 1.66. The molecule has 1 amide bonds. The fourth-order valence-electron chi connectivity index (χ4n) is 1.09. The monoisotopic (exact) mass is 305 g/mol. The van der Waals surface area contributed by atoms with Gasteiger partial charge in [0, 0.05) is 21.3 Å². The van der Waals surface area contributed by atoms with E-state index < -0.39 is 5.60 Å². The Morgan fingerprint density at radius 1 is 1.56 bits per heavy atom. The summed E-state index contributed by atoms with van der Waals surface area (Å²) in [7, 11) is 0. The zero-order chi connectivity index (χ0) is 12.2. The molecule has 0 radical (unpaired) electrons. The Balaban J connectivity index is 2.23. The van der Waals surface area contributed by atoms with Crippen LogP contribution in [0.1, 0.15) is 25.6 Å². The third-order valence-corrected chi connectivity index (χ3v) is 3.42. The van der Waals surface area contributed by atoms with Gasteiger partial charge in [-0.2, -0.15) is 0 Å². The largest absolute Gasteiger partial charge is 0.444 e. The Bertz CT molecular complexity index is 357. The van der Waals surface area contributed by atoms with Gasteiger partial charge in [-0.05, 0) is 49.2 Å². The van der Waals surface area contributed by atoms with Gasteiger partial charge in [0.25, 0.3) is 0 Å². The summed E-state index contributed by atoms with van der Waals surface area (Å²) in [5, 5.41) is 4.76. The summed E-state index contributed by atoms with van der Waals surface area (Å²) < 4.78 is 6.21. The lowest BCUT2D eigenvalue weighted by Crippen LogP contribution is -2.33. The molecule has 0 fully saturated rings. The summed E-state index contributed by atoms with van der Waals surface area (Å²) in [5.41, 5.74) is -0.434. The molecule has 0 unspecified atom stereocenters. The number of alkyl carbamates (subject to hydrolysis) is 1. The lowest BCUT2D eigenvalue weighted by atomic mass is 10.2. The Morgan fingerprint density at radius 3 is 2.75 bits per heavy atom. The van der Waals surface area contributed by atoms with Crippen molar-refractivity contribution in [3.05, 3.63) is 20.8 Å². The molecule has 0 spiro atoms. The van der Waals surface area contributed by atoms with Gasteiger partial charge in [0.05, 0.1) is 0 Å². The van der Waals surface area contributed by atoms with Crippen molar-refractivity contribution in [2.45, 2.75) is 32.8 Å². The number of amides is 1. The number of ether oxygens (including phenoxy) is 1. The van der Waals surface area contributed by atoms with E-state index in [4.69, 9.17) is 4.74 Å². The highest BCUT2D eigenvalue weighted by atomic mass is 79.9. The summed E-state index contributed by atoms with van der Waals surface area (Å²) in [6.07, 6.45) is 0.471. The second kappa shape index (κ2) is 5.68. The van der Waals surface area contributed by atoms with E-state index in [1.807, 2.05) is 26.2 Å². The smallest absolute Gasteiger partial charge is 0.407 e. The summed E-state index contributed by atoms with van der Waals surface area (Å²) in [5.74, 6) is 0. The maximum absolute atomic E-state index is 11.3. The zero-order valence-corrected chi connectivity index (χ0v) is 12.1. The van der Waals surface area contributed by atoms with Gasteiger partial charge in [-0.1, -0.05) is 0 Å². The first-order chi connectivity index (χ1) is 7.37. The fraction of sp³-hybridized carbons (Fsp3) is 0.545. The van der Waals surface area contributed by atoms with Gasteiger partial charge >= 0.3 is 6.09 Å². The lowest BCUT2D eigenvalue weighted by Gasteiger charge is -2.19. The minimum absolute atomic E-state index is 0.358. The third kappa shape index (κ3) is 5.51. The van der Waals surface area contributed by atoms with Crippen molar-refractivity contribution in [3.63, 3.8) is 0 Å². The van der Waals surface area contributed by atoms with Gasteiger partial charge in [-0.15, -0.1) is 11.3 Å². The average Bonchev–Trinajstić information content (AvgIpc) is 2.48. The Kier molecular flexibility index (Phi) is 4.80. The highest BCUT2D eigenvalue weighted by Gasteiger charge is 2.15. The number of carbonyl (C=O) groups excluding carboxylic acids is 1. The molecule has 0 bridgehead atoms. The molecule has 0 aliphatic heterocycles. The van der Waals surface area contributed by atoms with E-state index >= 15 is 0 Å².